The molecule has 6 nitrogen and oxygen atoms in total. The molecule has 0 aliphatic carbocycles. The molecule has 1 unspecified atom stereocenters. The van der Waals surface area contributed by atoms with E-state index in [1.165, 1.54) is 6.07 Å². The molecular formula is C14H22N4O2. The Balaban J connectivity index is 2.14. The summed E-state index contributed by atoms with van der Waals surface area (Å²) in [6, 6.07) is 6.84. The van der Waals surface area contributed by atoms with E-state index in [-0.39, 0.29) is 10.6 Å². The van der Waals surface area contributed by atoms with E-state index in [9.17, 15) is 10.1 Å². The van der Waals surface area contributed by atoms with Crippen LogP contribution in [0.25, 0.3) is 0 Å². The van der Waals surface area contributed by atoms with Crippen LogP contribution < -0.4 is 5.73 Å². The molecule has 0 saturated carbocycles. The summed E-state index contributed by atoms with van der Waals surface area (Å²) < 4.78 is 0. The summed E-state index contributed by atoms with van der Waals surface area (Å²) in [6.45, 7) is 5.69. The van der Waals surface area contributed by atoms with Gasteiger partial charge in [-0.2, -0.15) is 0 Å². The molecule has 1 aliphatic heterocycles. The quantitative estimate of drug-likeness (QED) is 0.658. The Morgan fingerprint density at radius 1 is 1.30 bits per heavy atom. The first-order valence-electron chi connectivity index (χ1n) is 6.85. The van der Waals surface area contributed by atoms with Crippen LogP contribution in [-0.2, 0) is 6.42 Å². The minimum Gasteiger partial charge on any atom is -0.313 e. The normalized spacial score (nSPS) is 20.6. The van der Waals surface area contributed by atoms with Crippen molar-refractivity contribution in [1.82, 2.24) is 9.80 Å². The van der Waals surface area contributed by atoms with Crippen molar-refractivity contribution in [3.63, 3.8) is 0 Å². The lowest BCUT2D eigenvalue weighted by atomic mass is 9.98. The van der Waals surface area contributed by atoms with Gasteiger partial charge in [-0.05, 0) is 14.0 Å². The number of piperazine rings is 1. The van der Waals surface area contributed by atoms with Crippen LogP contribution in [0.4, 0.5) is 5.69 Å². The average Bonchev–Trinajstić information content (AvgIpc) is 2.39. The van der Waals surface area contributed by atoms with E-state index in [0.717, 1.165) is 26.2 Å². The molecule has 0 radical (unpaired) electrons. The van der Waals surface area contributed by atoms with Crippen LogP contribution in [0.2, 0.25) is 0 Å². The van der Waals surface area contributed by atoms with Crippen LogP contribution in [0.15, 0.2) is 24.3 Å². The van der Waals surface area contributed by atoms with Crippen LogP contribution in [0.1, 0.15) is 12.5 Å². The van der Waals surface area contributed by atoms with Crippen molar-refractivity contribution in [1.29, 1.82) is 0 Å². The lowest BCUT2D eigenvalue weighted by Crippen LogP contribution is -2.60. The number of hydrogen-bond donors (Lipinski definition) is 1. The summed E-state index contributed by atoms with van der Waals surface area (Å²) in [5.41, 5.74) is 6.71. The van der Waals surface area contributed by atoms with Crippen molar-refractivity contribution < 1.29 is 4.92 Å². The third-order valence-corrected chi connectivity index (χ3v) is 3.96. The zero-order chi connectivity index (χ0) is 14.8. The number of rotatable bonds is 4. The monoisotopic (exact) mass is 278 g/mol. The highest BCUT2D eigenvalue weighted by atomic mass is 16.6. The maximum atomic E-state index is 11.1. The van der Waals surface area contributed by atoms with Crippen molar-refractivity contribution in [2.24, 2.45) is 5.73 Å². The molecule has 1 saturated heterocycles. The Bertz CT molecular complexity index is 482. The van der Waals surface area contributed by atoms with Crippen LogP contribution in [0.5, 0.6) is 0 Å². The van der Waals surface area contributed by atoms with Gasteiger partial charge in [-0.3, -0.25) is 15.0 Å². The molecule has 1 fully saturated rings. The second-order valence-corrected chi connectivity index (χ2v) is 5.71. The lowest BCUT2D eigenvalue weighted by molar-refractivity contribution is -0.385. The first-order valence-corrected chi connectivity index (χ1v) is 6.85. The summed E-state index contributed by atoms with van der Waals surface area (Å²) in [6.07, 6.45) is 0.480. The third kappa shape index (κ3) is 3.33. The third-order valence-electron chi connectivity index (χ3n) is 3.96. The fraction of sp³-hybridized carbons (Fsp3) is 0.571. The fourth-order valence-electron chi connectivity index (χ4n) is 2.65. The fourth-order valence-corrected chi connectivity index (χ4v) is 2.65. The zero-order valence-corrected chi connectivity index (χ0v) is 12.1. The zero-order valence-electron chi connectivity index (χ0n) is 12.1. The van der Waals surface area contributed by atoms with Gasteiger partial charge in [-0.1, -0.05) is 18.2 Å². The largest absolute Gasteiger partial charge is 0.313 e. The number of nitro groups is 1. The van der Waals surface area contributed by atoms with Crippen molar-refractivity contribution in [3.05, 3.63) is 39.9 Å². The summed E-state index contributed by atoms with van der Waals surface area (Å²) >= 11 is 0. The molecule has 1 aromatic rings. The molecule has 1 aromatic carbocycles. The molecule has 1 atom stereocenters. The van der Waals surface area contributed by atoms with Crippen molar-refractivity contribution in [2.45, 2.75) is 19.0 Å². The number of likely N-dealkylation sites (N-methyl/N-ethyl adjacent to an activating group) is 1. The summed E-state index contributed by atoms with van der Waals surface area (Å²) in [4.78, 5) is 15.2. The number of nitrogens with zero attached hydrogens (tertiary/aromatic N) is 3. The van der Waals surface area contributed by atoms with Gasteiger partial charge in [0, 0.05) is 44.2 Å². The van der Waals surface area contributed by atoms with Gasteiger partial charge >= 0.3 is 0 Å². The number of para-hydroxylation sites is 1. The molecule has 2 rings (SSSR count). The Morgan fingerprint density at radius 2 is 1.90 bits per heavy atom. The summed E-state index contributed by atoms with van der Waals surface area (Å²) in [7, 11) is 2.09. The first kappa shape index (κ1) is 14.9. The number of nitro benzene ring substituents is 1. The molecule has 0 bridgehead atoms. The maximum Gasteiger partial charge on any atom is 0.272 e. The molecule has 6 heteroatoms. The Morgan fingerprint density at radius 3 is 2.50 bits per heavy atom. The van der Waals surface area contributed by atoms with Gasteiger partial charge in [0.25, 0.3) is 5.69 Å². The van der Waals surface area contributed by atoms with E-state index in [1.807, 2.05) is 13.0 Å². The first-order chi connectivity index (χ1) is 9.40. The van der Waals surface area contributed by atoms with Gasteiger partial charge < -0.3 is 10.6 Å². The molecular weight excluding hydrogens is 256 g/mol. The smallest absolute Gasteiger partial charge is 0.272 e. The van der Waals surface area contributed by atoms with Crippen molar-refractivity contribution in [3.8, 4) is 0 Å². The number of benzene rings is 1. The molecule has 20 heavy (non-hydrogen) atoms. The highest BCUT2D eigenvalue weighted by Crippen LogP contribution is 2.24. The van der Waals surface area contributed by atoms with E-state index in [4.69, 9.17) is 5.73 Å². The van der Waals surface area contributed by atoms with Crippen LogP contribution in [0, 0.1) is 10.1 Å². The van der Waals surface area contributed by atoms with Gasteiger partial charge in [0.15, 0.2) is 0 Å². The van der Waals surface area contributed by atoms with E-state index >= 15 is 0 Å². The number of hydrogen-bond acceptors (Lipinski definition) is 5. The minimum atomic E-state index is -0.562. The van der Waals surface area contributed by atoms with Crippen molar-refractivity contribution >= 4 is 5.69 Å². The average molecular weight is 278 g/mol. The highest BCUT2D eigenvalue weighted by Gasteiger charge is 2.31. The SMILES string of the molecule is CN1CCN(C(C)(N)Cc2ccccc2[N+](=O)[O-])CC1. The van der Waals surface area contributed by atoms with Gasteiger partial charge in [-0.25, -0.2) is 0 Å². The van der Waals surface area contributed by atoms with E-state index in [0.29, 0.717) is 12.0 Å². The molecule has 1 heterocycles. The predicted molar refractivity (Wildman–Crippen MR) is 78.5 cm³/mol. The molecule has 0 aromatic heterocycles. The van der Waals surface area contributed by atoms with Crippen LogP contribution in [-0.4, -0.2) is 53.6 Å². The van der Waals surface area contributed by atoms with Gasteiger partial charge in [0.1, 0.15) is 0 Å². The van der Waals surface area contributed by atoms with Gasteiger partial charge in [0.05, 0.1) is 10.6 Å². The predicted octanol–water partition coefficient (Wildman–Crippen LogP) is 1.06. The van der Waals surface area contributed by atoms with Gasteiger partial charge in [-0.15, -0.1) is 0 Å². The number of nitrogens with two attached hydrogens (primary N) is 1. The lowest BCUT2D eigenvalue weighted by Gasteiger charge is -2.43. The second-order valence-electron chi connectivity index (χ2n) is 5.71. The van der Waals surface area contributed by atoms with E-state index in [1.54, 1.807) is 12.1 Å². The molecule has 0 spiro atoms. The van der Waals surface area contributed by atoms with E-state index < -0.39 is 5.66 Å². The Kier molecular flexibility index (Phi) is 4.37. The van der Waals surface area contributed by atoms with Crippen LogP contribution >= 0.6 is 0 Å². The van der Waals surface area contributed by atoms with Crippen LogP contribution in [0.3, 0.4) is 0 Å². The van der Waals surface area contributed by atoms with Gasteiger partial charge in [0.2, 0.25) is 0 Å². The topological polar surface area (TPSA) is 75.6 Å². The molecule has 1 aliphatic rings. The summed E-state index contributed by atoms with van der Waals surface area (Å²) in [5.74, 6) is 0. The van der Waals surface area contributed by atoms with E-state index in [2.05, 4.69) is 16.8 Å². The standard InChI is InChI=1S/C14H22N4O2/c1-14(15,17-9-7-16(2)8-10-17)11-12-5-3-4-6-13(12)18(19)20/h3-6H,7-11,15H2,1-2H3. The molecule has 2 N–H and O–H groups in total. The minimum absolute atomic E-state index is 0.151. The Hall–Kier alpha value is -1.50. The maximum absolute atomic E-state index is 11.1. The highest BCUT2D eigenvalue weighted by molar-refractivity contribution is 5.40. The molecule has 0 amide bonds. The van der Waals surface area contributed by atoms with Crippen molar-refractivity contribution in [2.75, 3.05) is 33.2 Å². The molecule has 110 valence electrons. The Labute approximate surface area is 119 Å². The summed E-state index contributed by atoms with van der Waals surface area (Å²) in [5, 5.41) is 11.1. The second kappa shape index (κ2) is 5.87.